The Kier molecular flexibility index (Phi) is 4.35. The molecule has 1 aromatic carbocycles. The number of rotatable bonds is 4. The Morgan fingerprint density at radius 3 is 2.74 bits per heavy atom. The van der Waals surface area contributed by atoms with E-state index in [0.29, 0.717) is 11.7 Å². The summed E-state index contributed by atoms with van der Waals surface area (Å²) < 4.78 is 9.89. The van der Waals surface area contributed by atoms with Crippen molar-refractivity contribution in [2.75, 3.05) is 19.0 Å². The predicted octanol–water partition coefficient (Wildman–Crippen LogP) is 3.39. The van der Waals surface area contributed by atoms with Crippen LogP contribution in [0.3, 0.4) is 0 Å². The zero-order chi connectivity index (χ0) is 13.7. The molecule has 1 aromatic heterocycles. The molecule has 2 aromatic rings. The highest BCUT2D eigenvalue weighted by Crippen LogP contribution is 2.26. The number of amides is 1. The summed E-state index contributed by atoms with van der Waals surface area (Å²) in [5, 5.41) is 4.97. The fraction of sp³-hybridized carbons (Fsp3) is 0.231. The number of ether oxygens (including phenoxy) is 2. The van der Waals surface area contributed by atoms with Crippen molar-refractivity contribution in [3.8, 4) is 17.0 Å². The molecule has 0 spiro atoms. The van der Waals surface area contributed by atoms with Crippen LogP contribution in [0.25, 0.3) is 11.3 Å². The second-order valence-electron chi connectivity index (χ2n) is 3.61. The Balaban J connectivity index is 2.09. The van der Waals surface area contributed by atoms with Gasteiger partial charge in [0.1, 0.15) is 5.75 Å². The standard InChI is InChI=1S/C13H14N2O3S/c1-3-18-13(16)15-12-14-11(8-19-12)9-4-6-10(17-2)7-5-9/h4-8H,3H2,1-2H3,(H,14,15,16). The number of benzene rings is 1. The fourth-order valence-corrected chi connectivity index (χ4v) is 2.19. The maximum absolute atomic E-state index is 11.3. The Morgan fingerprint density at radius 2 is 2.11 bits per heavy atom. The minimum Gasteiger partial charge on any atom is -0.497 e. The molecule has 0 aliphatic carbocycles. The quantitative estimate of drug-likeness (QED) is 0.931. The first-order valence-corrected chi connectivity index (χ1v) is 6.64. The van der Waals surface area contributed by atoms with Gasteiger partial charge in [-0.1, -0.05) is 0 Å². The van der Waals surface area contributed by atoms with E-state index in [9.17, 15) is 4.79 Å². The maximum atomic E-state index is 11.3. The summed E-state index contributed by atoms with van der Waals surface area (Å²) in [6, 6.07) is 7.57. The summed E-state index contributed by atoms with van der Waals surface area (Å²) in [5.41, 5.74) is 1.77. The highest BCUT2D eigenvalue weighted by Gasteiger charge is 2.08. The molecule has 0 atom stereocenters. The molecular formula is C13H14N2O3S. The summed E-state index contributed by atoms with van der Waals surface area (Å²) in [5.74, 6) is 0.795. The number of aromatic nitrogens is 1. The highest BCUT2D eigenvalue weighted by atomic mass is 32.1. The Hall–Kier alpha value is -2.08. The fourth-order valence-electron chi connectivity index (χ4n) is 1.48. The van der Waals surface area contributed by atoms with E-state index in [1.165, 1.54) is 11.3 Å². The van der Waals surface area contributed by atoms with E-state index in [1.54, 1.807) is 14.0 Å². The smallest absolute Gasteiger partial charge is 0.413 e. The molecule has 1 amide bonds. The number of thiazole rings is 1. The SMILES string of the molecule is CCOC(=O)Nc1nc(-c2ccc(OC)cc2)cs1. The third kappa shape index (κ3) is 3.45. The van der Waals surface area contributed by atoms with E-state index in [0.717, 1.165) is 17.0 Å². The lowest BCUT2D eigenvalue weighted by Crippen LogP contribution is -2.12. The zero-order valence-electron chi connectivity index (χ0n) is 10.7. The van der Waals surface area contributed by atoms with Crippen molar-refractivity contribution in [2.24, 2.45) is 0 Å². The van der Waals surface area contributed by atoms with E-state index >= 15 is 0 Å². The van der Waals surface area contributed by atoms with Crippen molar-refractivity contribution in [3.05, 3.63) is 29.6 Å². The number of carbonyl (C=O) groups is 1. The van der Waals surface area contributed by atoms with Crippen LogP contribution in [0.5, 0.6) is 5.75 Å². The van der Waals surface area contributed by atoms with Crippen LogP contribution >= 0.6 is 11.3 Å². The van der Waals surface area contributed by atoms with Crippen molar-refractivity contribution < 1.29 is 14.3 Å². The number of hydrogen-bond donors (Lipinski definition) is 1. The molecule has 6 heteroatoms. The topological polar surface area (TPSA) is 60.5 Å². The lowest BCUT2D eigenvalue weighted by molar-refractivity contribution is 0.168. The molecule has 1 N–H and O–H groups in total. The van der Waals surface area contributed by atoms with E-state index in [-0.39, 0.29) is 0 Å². The molecule has 0 aliphatic rings. The van der Waals surface area contributed by atoms with E-state index in [1.807, 2.05) is 29.6 Å². The van der Waals surface area contributed by atoms with Gasteiger partial charge in [0, 0.05) is 10.9 Å². The van der Waals surface area contributed by atoms with Crippen LogP contribution in [-0.4, -0.2) is 24.8 Å². The molecule has 0 aliphatic heterocycles. The third-order valence-corrected chi connectivity index (χ3v) is 3.13. The number of hydrogen-bond acceptors (Lipinski definition) is 5. The summed E-state index contributed by atoms with van der Waals surface area (Å²) in [6.07, 6.45) is -0.488. The maximum Gasteiger partial charge on any atom is 0.413 e. The number of nitrogens with zero attached hydrogens (tertiary/aromatic N) is 1. The van der Waals surface area contributed by atoms with Crippen LogP contribution in [0.4, 0.5) is 9.93 Å². The zero-order valence-corrected chi connectivity index (χ0v) is 11.5. The van der Waals surface area contributed by atoms with Gasteiger partial charge in [-0.2, -0.15) is 0 Å². The van der Waals surface area contributed by atoms with Crippen LogP contribution in [0.1, 0.15) is 6.92 Å². The van der Waals surface area contributed by atoms with Gasteiger partial charge >= 0.3 is 6.09 Å². The molecule has 0 bridgehead atoms. The van der Waals surface area contributed by atoms with Crippen molar-refractivity contribution in [2.45, 2.75) is 6.92 Å². The second-order valence-corrected chi connectivity index (χ2v) is 4.47. The minimum absolute atomic E-state index is 0.336. The summed E-state index contributed by atoms with van der Waals surface area (Å²) >= 11 is 1.35. The van der Waals surface area contributed by atoms with Gasteiger partial charge in [0.05, 0.1) is 19.4 Å². The molecular weight excluding hydrogens is 264 g/mol. The summed E-state index contributed by atoms with van der Waals surface area (Å²) in [6.45, 7) is 2.09. The lowest BCUT2D eigenvalue weighted by atomic mass is 10.2. The van der Waals surface area contributed by atoms with E-state index in [2.05, 4.69) is 10.3 Å². The number of nitrogens with one attached hydrogen (secondary N) is 1. The predicted molar refractivity (Wildman–Crippen MR) is 74.7 cm³/mol. The average molecular weight is 278 g/mol. The lowest BCUT2D eigenvalue weighted by Gasteiger charge is -2.01. The Labute approximate surface area is 115 Å². The van der Waals surface area contributed by atoms with Gasteiger partial charge in [0.15, 0.2) is 5.13 Å². The van der Waals surface area contributed by atoms with Gasteiger partial charge < -0.3 is 9.47 Å². The van der Waals surface area contributed by atoms with Crippen molar-refractivity contribution in [3.63, 3.8) is 0 Å². The number of methoxy groups -OCH3 is 1. The second kappa shape index (κ2) is 6.19. The van der Waals surface area contributed by atoms with Gasteiger partial charge in [-0.25, -0.2) is 9.78 Å². The van der Waals surface area contributed by atoms with Crippen LogP contribution in [0.2, 0.25) is 0 Å². The molecule has 0 saturated carbocycles. The first-order chi connectivity index (χ1) is 9.22. The van der Waals surface area contributed by atoms with E-state index < -0.39 is 6.09 Å². The third-order valence-electron chi connectivity index (χ3n) is 2.37. The molecule has 2 rings (SSSR count). The van der Waals surface area contributed by atoms with Gasteiger partial charge in [-0.3, -0.25) is 5.32 Å². The molecule has 19 heavy (non-hydrogen) atoms. The molecule has 0 unspecified atom stereocenters. The summed E-state index contributed by atoms with van der Waals surface area (Å²) in [4.78, 5) is 15.6. The van der Waals surface area contributed by atoms with Crippen LogP contribution in [0, 0.1) is 0 Å². The van der Waals surface area contributed by atoms with Gasteiger partial charge in [-0.05, 0) is 31.2 Å². The molecule has 100 valence electrons. The molecule has 0 radical (unpaired) electrons. The average Bonchev–Trinajstić information content (AvgIpc) is 2.87. The first-order valence-electron chi connectivity index (χ1n) is 5.76. The monoisotopic (exact) mass is 278 g/mol. The molecule has 1 heterocycles. The largest absolute Gasteiger partial charge is 0.497 e. The van der Waals surface area contributed by atoms with Crippen LogP contribution < -0.4 is 10.1 Å². The van der Waals surface area contributed by atoms with E-state index in [4.69, 9.17) is 9.47 Å². The van der Waals surface area contributed by atoms with Crippen molar-refractivity contribution in [1.29, 1.82) is 0 Å². The molecule has 5 nitrogen and oxygen atoms in total. The van der Waals surface area contributed by atoms with Crippen LogP contribution in [-0.2, 0) is 4.74 Å². The minimum atomic E-state index is -0.488. The van der Waals surface area contributed by atoms with Gasteiger partial charge in [0.25, 0.3) is 0 Å². The number of anilines is 1. The van der Waals surface area contributed by atoms with Crippen molar-refractivity contribution >= 4 is 22.6 Å². The van der Waals surface area contributed by atoms with Gasteiger partial charge in [-0.15, -0.1) is 11.3 Å². The Morgan fingerprint density at radius 1 is 1.37 bits per heavy atom. The summed E-state index contributed by atoms with van der Waals surface area (Å²) in [7, 11) is 1.62. The molecule has 0 saturated heterocycles. The van der Waals surface area contributed by atoms with Crippen LogP contribution in [0.15, 0.2) is 29.6 Å². The van der Waals surface area contributed by atoms with Gasteiger partial charge in [0.2, 0.25) is 0 Å². The highest BCUT2D eigenvalue weighted by molar-refractivity contribution is 7.14. The first kappa shape index (κ1) is 13.4. The number of carbonyl (C=O) groups excluding carboxylic acids is 1. The molecule has 0 fully saturated rings. The van der Waals surface area contributed by atoms with Crippen molar-refractivity contribution in [1.82, 2.24) is 4.98 Å². The Bertz CT molecular complexity index is 551. The normalized spacial score (nSPS) is 10.0.